The summed E-state index contributed by atoms with van der Waals surface area (Å²) in [6, 6.07) is 1.82. The molecule has 1 fully saturated rings. The molecule has 2 heterocycles. The minimum atomic E-state index is 0.683. The van der Waals surface area contributed by atoms with Gasteiger partial charge in [-0.1, -0.05) is 22.9 Å². The number of hydrogen-bond acceptors (Lipinski definition) is 4. The van der Waals surface area contributed by atoms with Crippen LogP contribution in [0.4, 0.5) is 5.95 Å². The Balaban J connectivity index is 2.02. The molecule has 1 unspecified atom stereocenters. The van der Waals surface area contributed by atoms with Crippen LogP contribution in [0.25, 0.3) is 0 Å². The summed E-state index contributed by atoms with van der Waals surface area (Å²) in [7, 11) is 0. The van der Waals surface area contributed by atoms with Crippen LogP contribution < -0.4 is 9.64 Å². The standard InChI is InChI=1S/C13H20BrN3O/c1-2-8-18-12-5-6-15-13(16-12)17-7-3-4-11(9-14)10-17/h5-6,11H,2-4,7-10H2,1H3. The Hall–Kier alpha value is -0.840. The number of piperidine rings is 1. The van der Waals surface area contributed by atoms with E-state index in [1.807, 2.05) is 6.07 Å². The lowest BCUT2D eigenvalue weighted by molar-refractivity contribution is 0.304. The highest BCUT2D eigenvalue weighted by Crippen LogP contribution is 2.22. The van der Waals surface area contributed by atoms with Gasteiger partial charge in [0.2, 0.25) is 11.8 Å². The van der Waals surface area contributed by atoms with E-state index < -0.39 is 0 Å². The first-order chi connectivity index (χ1) is 8.83. The summed E-state index contributed by atoms with van der Waals surface area (Å²) in [5, 5.41) is 1.05. The van der Waals surface area contributed by atoms with Gasteiger partial charge < -0.3 is 9.64 Å². The molecule has 2 rings (SSSR count). The van der Waals surface area contributed by atoms with E-state index in [9.17, 15) is 0 Å². The minimum Gasteiger partial charge on any atom is -0.478 e. The van der Waals surface area contributed by atoms with Crippen LogP contribution >= 0.6 is 15.9 Å². The Morgan fingerprint density at radius 2 is 2.44 bits per heavy atom. The SMILES string of the molecule is CCCOc1ccnc(N2CCCC(CBr)C2)n1. The molecule has 100 valence electrons. The van der Waals surface area contributed by atoms with Gasteiger partial charge >= 0.3 is 0 Å². The Morgan fingerprint density at radius 3 is 3.22 bits per heavy atom. The number of nitrogens with zero attached hydrogens (tertiary/aromatic N) is 3. The third-order valence-corrected chi connectivity index (χ3v) is 4.01. The van der Waals surface area contributed by atoms with Gasteiger partial charge in [0.15, 0.2) is 0 Å². The second-order valence-electron chi connectivity index (χ2n) is 4.65. The summed E-state index contributed by atoms with van der Waals surface area (Å²) < 4.78 is 5.55. The molecule has 4 nitrogen and oxygen atoms in total. The Kier molecular flexibility index (Phi) is 5.23. The van der Waals surface area contributed by atoms with Crippen molar-refractivity contribution >= 4 is 21.9 Å². The molecule has 0 amide bonds. The van der Waals surface area contributed by atoms with Gasteiger partial charge in [-0.25, -0.2) is 4.98 Å². The third-order valence-electron chi connectivity index (χ3n) is 3.09. The smallest absolute Gasteiger partial charge is 0.228 e. The van der Waals surface area contributed by atoms with Gasteiger partial charge in [0.1, 0.15) is 0 Å². The predicted molar refractivity (Wildman–Crippen MR) is 76.5 cm³/mol. The van der Waals surface area contributed by atoms with Crippen LogP contribution in [-0.2, 0) is 0 Å². The first kappa shape index (κ1) is 13.6. The van der Waals surface area contributed by atoms with E-state index in [2.05, 4.69) is 37.7 Å². The van der Waals surface area contributed by atoms with Crippen LogP contribution in [0.5, 0.6) is 5.88 Å². The average molecular weight is 314 g/mol. The van der Waals surface area contributed by atoms with E-state index in [1.165, 1.54) is 12.8 Å². The highest BCUT2D eigenvalue weighted by molar-refractivity contribution is 9.09. The summed E-state index contributed by atoms with van der Waals surface area (Å²) >= 11 is 3.57. The van der Waals surface area contributed by atoms with Crippen molar-refractivity contribution in [3.05, 3.63) is 12.3 Å². The van der Waals surface area contributed by atoms with Crippen LogP contribution in [0.2, 0.25) is 0 Å². The van der Waals surface area contributed by atoms with Crippen LogP contribution in [-0.4, -0.2) is 35.0 Å². The Labute approximate surface area is 117 Å². The quantitative estimate of drug-likeness (QED) is 0.783. The molecule has 1 aliphatic heterocycles. The molecular weight excluding hydrogens is 294 g/mol. The maximum atomic E-state index is 5.55. The normalized spacial score (nSPS) is 19.9. The van der Waals surface area contributed by atoms with Gasteiger partial charge in [0.25, 0.3) is 0 Å². The molecule has 0 saturated carbocycles. The zero-order chi connectivity index (χ0) is 12.8. The lowest BCUT2D eigenvalue weighted by Gasteiger charge is -2.31. The number of anilines is 1. The summed E-state index contributed by atoms with van der Waals surface area (Å²) in [4.78, 5) is 11.1. The van der Waals surface area contributed by atoms with Gasteiger partial charge in [0.05, 0.1) is 6.61 Å². The molecule has 1 aromatic heterocycles. The van der Waals surface area contributed by atoms with Gasteiger partial charge in [0, 0.05) is 30.7 Å². The van der Waals surface area contributed by atoms with Crippen LogP contribution in [0, 0.1) is 5.92 Å². The molecule has 0 aromatic carbocycles. The summed E-state index contributed by atoms with van der Waals surface area (Å²) in [5.41, 5.74) is 0. The van der Waals surface area contributed by atoms with E-state index in [0.29, 0.717) is 18.4 Å². The Bertz CT molecular complexity index is 375. The zero-order valence-electron chi connectivity index (χ0n) is 10.8. The van der Waals surface area contributed by atoms with Crippen molar-refractivity contribution in [1.82, 2.24) is 9.97 Å². The lowest BCUT2D eigenvalue weighted by atomic mass is 10.0. The Morgan fingerprint density at radius 1 is 1.56 bits per heavy atom. The number of ether oxygens (including phenoxy) is 1. The fourth-order valence-corrected chi connectivity index (χ4v) is 2.67. The molecule has 1 saturated heterocycles. The van der Waals surface area contributed by atoms with Crippen molar-refractivity contribution in [2.45, 2.75) is 26.2 Å². The first-order valence-corrected chi connectivity index (χ1v) is 7.72. The average Bonchev–Trinajstić information content (AvgIpc) is 2.45. The highest BCUT2D eigenvalue weighted by atomic mass is 79.9. The van der Waals surface area contributed by atoms with Crippen molar-refractivity contribution in [3.63, 3.8) is 0 Å². The molecule has 0 N–H and O–H groups in total. The van der Waals surface area contributed by atoms with Crippen molar-refractivity contribution in [2.75, 3.05) is 29.9 Å². The molecule has 5 heteroatoms. The van der Waals surface area contributed by atoms with Gasteiger partial charge in [-0.3, -0.25) is 0 Å². The minimum absolute atomic E-state index is 0.683. The predicted octanol–water partition coefficient (Wildman–Crippen LogP) is 2.88. The van der Waals surface area contributed by atoms with Crippen LogP contribution in [0.15, 0.2) is 12.3 Å². The molecular formula is C13H20BrN3O. The van der Waals surface area contributed by atoms with E-state index in [0.717, 1.165) is 30.8 Å². The number of aromatic nitrogens is 2. The van der Waals surface area contributed by atoms with Gasteiger partial charge in [-0.15, -0.1) is 0 Å². The molecule has 1 atom stereocenters. The maximum Gasteiger partial charge on any atom is 0.228 e. The topological polar surface area (TPSA) is 38.2 Å². The second-order valence-corrected chi connectivity index (χ2v) is 5.30. The second kappa shape index (κ2) is 6.92. The number of halogens is 1. The molecule has 1 aromatic rings. The van der Waals surface area contributed by atoms with Crippen LogP contribution in [0.3, 0.4) is 0 Å². The molecule has 0 radical (unpaired) electrons. The van der Waals surface area contributed by atoms with Crippen LogP contribution in [0.1, 0.15) is 26.2 Å². The number of rotatable bonds is 5. The van der Waals surface area contributed by atoms with Crippen molar-refractivity contribution < 1.29 is 4.74 Å². The summed E-state index contributed by atoms with van der Waals surface area (Å²) in [5.74, 6) is 2.18. The highest BCUT2D eigenvalue weighted by Gasteiger charge is 2.21. The fraction of sp³-hybridized carbons (Fsp3) is 0.692. The van der Waals surface area contributed by atoms with E-state index in [-0.39, 0.29) is 0 Å². The lowest BCUT2D eigenvalue weighted by Crippen LogP contribution is -2.37. The summed E-state index contributed by atoms with van der Waals surface area (Å²) in [6.07, 6.45) is 5.27. The maximum absolute atomic E-state index is 5.55. The van der Waals surface area contributed by atoms with Crippen molar-refractivity contribution in [3.8, 4) is 5.88 Å². The van der Waals surface area contributed by atoms with E-state index in [4.69, 9.17) is 4.74 Å². The molecule has 0 bridgehead atoms. The van der Waals surface area contributed by atoms with Gasteiger partial charge in [-0.05, 0) is 25.2 Å². The van der Waals surface area contributed by atoms with Crippen molar-refractivity contribution in [2.24, 2.45) is 5.92 Å². The fourth-order valence-electron chi connectivity index (χ4n) is 2.14. The molecule has 0 aliphatic carbocycles. The van der Waals surface area contributed by atoms with E-state index >= 15 is 0 Å². The first-order valence-electron chi connectivity index (χ1n) is 6.60. The summed E-state index contributed by atoms with van der Waals surface area (Å²) in [6.45, 7) is 4.87. The molecule has 1 aliphatic rings. The number of hydrogen-bond donors (Lipinski definition) is 0. The third kappa shape index (κ3) is 3.57. The largest absolute Gasteiger partial charge is 0.478 e. The zero-order valence-corrected chi connectivity index (χ0v) is 12.4. The monoisotopic (exact) mass is 313 g/mol. The van der Waals surface area contributed by atoms with Gasteiger partial charge in [-0.2, -0.15) is 4.98 Å². The van der Waals surface area contributed by atoms with E-state index in [1.54, 1.807) is 6.20 Å². The molecule has 18 heavy (non-hydrogen) atoms. The number of alkyl halides is 1. The molecule has 0 spiro atoms. The van der Waals surface area contributed by atoms with Crippen molar-refractivity contribution in [1.29, 1.82) is 0 Å².